The van der Waals surface area contributed by atoms with Crippen LogP contribution in [0.5, 0.6) is 5.75 Å². The van der Waals surface area contributed by atoms with E-state index >= 15 is 0 Å². The predicted octanol–water partition coefficient (Wildman–Crippen LogP) is 1.13. The standard InChI is InChI=1S/C19H23ClN7O3/c1-11-10-26-15-16(24(2)19(29)25(3)17(15)28)22-18(26)27(23-11)8-7-21-12-5-6-14(30-4)13(20)9-12/h5-6,9,15,21H,7-8,10H2,1-4H3/q+1. The molecule has 11 heteroatoms. The number of anilines is 1. The van der Waals surface area contributed by atoms with Gasteiger partial charge in [0.15, 0.2) is 0 Å². The van der Waals surface area contributed by atoms with Crippen LogP contribution in [0.3, 0.4) is 0 Å². The molecular weight excluding hydrogens is 410 g/mol. The number of hydrazone groups is 1. The summed E-state index contributed by atoms with van der Waals surface area (Å²) >= 11 is 6.18. The number of nitrogens with zero attached hydrogens (tertiary/aromatic N) is 6. The number of fused-ring (bicyclic) bond motifs is 2. The average molecular weight is 433 g/mol. The minimum Gasteiger partial charge on any atom is -0.495 e. The Hall–Kier alpha value is -3.14. The van der Waals surface area contributed by atoms with Crippen LogP contribution in [0.1, 0.15) is 6.92 Å². The maximum absolute atomic E-state index is 12.8. The van der Waals surface area contributed by atoms with Crippen molar-refractivity contribution in [2.24, 2.45) is 10.1 Å². The van der Waals surface area contributed by atoms with E-state index < -0.39 is 12.1 Å². The lowest BCUT2D eigenvalue weighted by Crippen LogP contribution is -2.62. The van der Waals surface area contributed by atoms with Gasteiger partial charge in [-0.05, 0) is 25.1 Å². The molecular formula is C19H23ClN7O3+. The summed E-state index contributed by atoms with van der Waals surface area (Å²) in [6.45, 7) is 3.46. The molecule has 158 valence electrons. The Balaban J connectivity index is 1.52. The van der Waals surface area contributed by atoms with Crippen molar-refractivity contribution in [2.45, 2.75) is 13.0 Å². The molecule has 1 saturated heterocycles. The molecule has 0 bridgehead atoms. The predicted molar refractivity (Wildman–Crippen MR) is 114 cm³/mol. The summed E-state index contributed by atoms with van der Waals surface area (Å²) in [5, 5.41) is 10.2. The summed E-state index contributed by atoms with van der Waals surface area (Å²) in [5.74, 6) is 1.33. The molecule has 0 aromatic heterocycles. The number of aliphatic imine (C=N–C) groups is 1. The van der Waals surface area contributed by atoms with E-state index in [-0.39, 0.29) is 5.91 Å². The first kappa shape index (κ1) is 20.1. The first-order valence-corrected chi connectivity index (χ1v) is 9.86. The van der Waals surface area contributed by atoms with Crippen molar-refractivity contribution < 1.29 is 18.9 Å². The van der Waals surface area contributed by atoms with Gasteiger partial charge in [0.2, 0.25) is 11.9 Å². The lowest BCUT2D eigenvalue weighted by Gasteiger charge is -2.32. The molecule has 1 aromatic rings. The number of carbonyl (C=O) groups excluding carboxylic acids is 2. The van der Waals surface area contributed by atoms with Gasteiger partial charge in [-0.3, -0.25) is 14.6 Å². The SMILES string of the molecule is COc1ccc(NCCN2N=C(C)C[N+]3=C2N=C2C3C(=O)N(C)C(=O)N2C)cc1Cl. The number of halogens is 1. The van der Waals surface area contributed by atoms with Crippen LogP contribution in [0.15, 0.2) is 28.3 Å². The number of carbonyl (C=O) groups is 2. The van der Waals surface area contributed by atoms with E-state index in [1.807, 2.05) is 17.6 Å². The van der Waals surface area contributed by atoms with Crippen molar-refractivity contribution in [3.05, 3.63) is 23.2 Å². The Kier molecular flexibility index (Phi) is 5.10. The molecule has 1 aromatic carbocycles. The Morgan fingerprint density at radius 3 is 2.77 bits per heavy atom. The molecule has 0 saturated carbocycles. The Morgan fingerprint density at radius 2 is 2.07 bits per heavy atom. The fraction of sp³-hybridized carbons (Fsp3) is 0.421. The summed E-state index contributed by atoms with van der Waals surface area (Å²) in [5.41, 5.74) is 1.71. The van der Waals surface area contributed by atoms with Crippen LogP contribution in [-0.4, -0.2) is 95.7 Å². The van der Waals surface area contributed by atoms with Crippen LogP contribution < -0.4 is 10.1 Å². The zero-order valence-electron chi connectivity index (χ0n) is 17.2. The molecule has 10 nitrogen and oxygen atoms in total. The number of ether oxygens (including phenoxy) is 1. The minimum atomic E-state index is -0.617. The summed E-state index contributed by atoms with van der Waals surface area (Å²) in [6.07, 6.45) is 0. The first-order chi connectivity index (χ1) is 14.3. The van der Waals surface area contributed by atoms with Gasteiger partial charge in [-0.25, -0.2) is 9.37 Å². The van der Waals surface area contributed by atoms with Crippen molar-refractivity contribution in [3.63, 3.8) is 0 Å². The number of amides is 3. The van der Waals surface area contributed by atoms with Crippen molar-refractivity contribution in [2.75, 3.05) is 46.2 Å². The topological polar surface area (TPSA) is 92.8 Å². The fourth-order valence-electron chi connectivity index (χ4n) is 3.71. The number of hydrogen-bond donors (Lipinski definition) is 1. The molecule has 0 aliphatic carbocycles. The highest BCUT2D eigenvalue weighted by Crippen LogP contribution is 2.27. The van der Waals surface area contributed by atoms with Crippen LogP contribution in [0.4, 0.5) is 10.5 Å². The van der Waals surface area contributed by atoms with Gasteiger partial charge >= 0.3 is 12.0 Å². The molecule has 3 amide bonds. The van der Waals surface area contributed by atoms with Gasteiger partial charge in [0.1, 0.15) is 18.8 Å². The van der Waals surface area contributed by atoms with Crippen LogP contribution >= 0.6 is 11.6 Å². The number of benzene rings is 1. The number of likely N-dealkylation sites (N-methyl/N-ethyl adjacent to an activating group) is 2. The molecule has 3 heterocycles. The van der Waals surface area contributed by atoms with Crippen LogP contribution in [0, 0.1) is 0 Å². The normalized spacial score (nSPS) is 20.8. The number of amidine groups is 1. The second-order valence-electron chi connectivity index (χ2n) is 7.27. The molecule has 1 N–H and O–H groups in total. The smallest absolute Gasteiger partial charge is 0.416 e. The highest BCUT2D eigenvalue weighted by molar-refractivity contribution is 6.32. The van der Waals surface area contributed by atoms with Gasteiger partial charge in [0, 0.05) is 26.3 Å². The largest absolute Gasteiger partial charge is 0.495 e. The zero-order valence-corrected chi connectivity index (χ0v) is 18.0. The summed E-state index contributed by atoms with van der Waals surface area (Å²) in [7, 11) is 4.69. The van der Waals surface area contributed by atoms with Crippen molar-refractivity contribution in [1.29, 1.82) is 0 Å². The van der Waals surface area contributed by atoms with Crippen LogP contribution in [-0.2, 0) is 4.79 Å². The monoisotopic (exact) mass is 432 g/mol. The molecule has 4 rings (SSSR count). The van der Waals surface area contributed by atoms with Gasteiger partial charge in [-0.1, -0.05) is 16.6 Å². The zero-order chi connectivity index (χ0) is 21.6. The van der Waals surface area contributed by atoms with E-state index in [0.29, 0.717) is 42.2 Å². The van der Waals surface area contributed by atoms with Gasteiger partial charge in [-0.15, -0.1) is 10.1 Å². The van der Waals surface area contributed by atoms with Crippen molar-refractivity contribution >= 4 is 46.7 Å². The van der Waals surface area contributed by atoms with E-state index in [2.05, 4.69) is 15.4 Å². The number of imide groups is 1. The van der Waals surface area contributed by atoms with Gasteiger partial charge in [0.05, 0.1) is 17.8 Å². The molecule has 1 atom stereocenters. The summed E-state index contributed by atoms with van der Waals surface area (Å²) < 4.78 is 7.06. The van der Waals surface area contributed by atoms with Crippen molar-refractivity contribution in [1.82, 2.24) is 14.8 Å². The van der Waals surface area contributed by atoms with Crippen molar-refractivity contribution in [3.8, 4) is 5.75 Å². The van der Waals surface area contributed by atoms with Gasteiger partial charge in [0.25, 0.3) is 5.91 Å². The number of guanidine groups is 1. The third-order valence-corrected chi connectivity index (χ3v) is 5.53. The average Bonchev–Trinajstić information content (AvgIpc) is 3.10. The maximum Gasteiger partial charge on any atom is 0.416 e. The highest BCUT2D eigenvalue weighted by Gasteiger charge is 2.53. The van der Waals surface area contributed by atoms with E-state index in [0.717, 1.165) is 16.3 Å². The lowest BCUT2D eigenvalue weighted by molar-refractivity contribution is -0.527. The third kappa shape index (κ3) is 3.26. The van der Waals surface area contributed by atoms with Crippen LogP contribution in [0.25, 0.3) is 0 Å². The summed E-state index contributed by atoms with van der Waals surface area (Å²) in [6, 6.07) is 4.47. The molecule has 3 aliphatic rings. The molecule has 0 radical (unpaired) electrons. The Bertz CT molecular complexity index is 1020. The van der Waals surface area contributed by atoms with E-state index in [9.17, 15) is 9.59 Å². The second kappa shape index (κ2) is 7.60. The molecule has 30 heavy (non-hydrogen) atoms. The fourth-order valence-corrected chi connectivity index (χ4v) is 3.97. The molecule has 1 fully saturated rings. The Labute approximate surface area is 179 Å². The molecule has 1 unspecified atom stereocenters. The quantitative estimate of drug-likeness (QED) is 0.704. The van der Waals surface area contributed by atoms with E-state index in [4.69, 9.17) is 16.3 Å². The number of rotatable bonds is 5. The van der Waals surface area contributed by atoms with Gasteiger partial charge in [-0.2, -0.15) is 0 Å². The Morgan fingerprint density at radius 1 is 1.30 bits per heavy atom. The highest BCUT2D eigenvalue weighted by atomic mass is 35.5. The number of urea groups is 1. The maximum atomic E-state index is 12.8. The molecule has 3 aliphatic heterocycles. The number of nitrogens with one attached hydrogen (secondary N) is 1. The lowest BCUT2D eigenvalue weighted by atomic mass is 10.1. The van der Waals surface area contributed by atoms with Gasteiger partial charge < -0.3 is 10.1 Å². The van der Waals surface area contributed by atoms with Crippen LogP contribution in [0.2, 0.25) is 5.02 Å². The number of methoxy groups -OCH3 is 1. The minimum absolute atomic E-state index is 0.285. The van der Waals surface area contributed by atoms with E-state index in [1.54, 1.807) is 31.3 Å². The first-order valence-electron chi connectivity index (χ1n) is 9.48. The third-order valence-electron chi connectivity index (χ3n) is 5.24. The van der Waals surface area contributed by atoms with E-state index in [1.165, 1.54) is 11.9 Å². The number of hydrogen-bond acceptors (Lipinski definition) is 7. The summed E-state index contributed by atoms with van der Waals surface area (Å²) in [4.78, 5) is 32.2. The second-order valence-corrected chi connectivity index (χ2v) is 7.68. The molecule has 0 spiro atoms.